The number of rotatable bonds is 5. The summed E-state index contributed by atoms with van der Waals surface area (Å²) in [5, 5.41) is 5.70. The first kappa shape index (κ1) is 17.0. The summed E-state index contributed by atoms with van der Waals surface area (Å²) in [7, 11) is 0. The van der Waals surface area contributed by atoms with Crippen molar-refractivity contribution in [3.05, 3.63) is 83.0 Å². The van der Waals surface area contributed by atoms with Gasteiger partial charge in [-0.3, -0.25) is 4.79 Å². The van der Waals surface area contributed by atoms with Crippen LogP contribution in [0.2, 0.25) is 0 Å². The molecule has 0 atom stereocenters. The van der Waals surface area contributed by atoms with E-state index in [1.165, 1.54) is 11.3 Å². The molecule has 0 saturated heterocycles. The highest BCUT2D eigenvalue weighted by Gasteiger charge is 2.15. The molecule has 4 aromatic heterocycles. The van der Waals surface area contributed by atoms with Crippen LogP contribution in [-0.2, 0) is 6.54 Å². The Kier molecular flexibility index (Phi) is 4.31. The van der Waals surface area contributed by atoms with Crippen molar-refractivity contribution < 1.29 is 9.21 Å². The van der Waals surface area contributed by atoms with Gasteiger partial charge in [-0.25, -0.2) is 4.98 Å². The Morgan fingerprint density at radius 3 is 2.79 bits per heavy atom. The summed E-state index contributed by atoms with van der Waals surface area (Å²) >= 11 is 3.02. The molecular weight excluding hydrogens is 390 g/mol. The number of carbonyl (C=O) groups excluding carboxylic acids is 1. The Hall–Kier alpha value is -3.16. The number of para-hydroxylation sites is 1. The molecule has 0 bridgehead atoms. The topological polar surface area (TPSA) is 60.1 Å². The lowest BCUT2D eigenvalue weighted by molar-refractivity contribution is 0.0952. The molecule has 1 amide bonds. The smallest absolute Gasteiger partial charge is 0.263 e. The van der Waals surface area contributed by atoms with Crippen LogP contribution >= 0.6 is 22.7 Å². The predicted molar refractivity (Wildman–Crippen MR) is 112 cm³/mol. The van der Waals surface area contributed by atoms with E-state index in [2.05, 4.69) is 10.3 Å². The number of fused-ring (bicyclic) bond motifs is 1. The standard InChI is InChI=1S/C21H15N3O2S2/c25-20(19-16(9-12-27-19)24-10-3-4-11-24)22-13-14-7-8-17(26-14)21-23-15-5-1-2-6-18(15)28-21/h1-12H,13H2,(H,22,25). The zero-order valence-electron chi connectivity index (χ0n) is 14.7. The average molecular weight is 406 g/mol. The van der Waals surface area contributed by atoms with Gasteiger partial charge in [-0.15, -0.1) is 22.7 Å². The Bertz CT molecular complexity index is 1210. The number of benzene rings is 1. The minimum absolute atomic E-state index is 0.114. The monoisotopic (exact) mass is 405 g/mol. The molecule has 5 aromatic rings. The van der Waals surface area contributed by atoms with E-state index in [4.69, 9.17) is 4.42 Å². The number of amides is 1. The Morgan fingerprint density at radius 1 is 1.07 bits per heavy atom. The van der Waals surface area contributed by atoms with E-state index in [0.717, 1.165) is 26.7 Å². The summed E-state index contributed by atoms with van der Waals surface area (Å²) in [5.41, 5.74) is 1.84. The van der Waals surface area contributed by atoms with E-state index in [9.17, 15) is 4.79 Å². The molecule has 0 aliphatic rings. The fourth-order valence-electron chi connectivity index (χ4n) is 2.98. The number of thiazole rings is 1. The van der Waals surface area contributed by atoms with Crippen molar-refractivity contribution in [2.45, 2.75) is 6.54 Å². The number of carbonyl (C=O) groups is 1. The SMILES string of the molecule is O=C(NCc1ccc(-c2nc3ccccc3s2)o1)c1sccc1-n1cccc1. The van der Waals surface area contributed by atoms with Crippen LogP contribution in [0, 0.1) is 0 Å². The molecule has 0 saturated carbocycles. The van der Waals surface area contributed by atoms with Gasteiger partial charge in [0.2, 0.25) is 0 Å². The quantitative estimate of drug-likeness (QED) is 0.429. The molecule has 0 fully saturated rings. The molecule has 0 aliphatic carbocycles. The minimum Gasteiger partial charge on any atom is -0.457 e. The van der Waals surface area contributed by atoms with E-state index < -0.39 is 0 Å². The maximum Gasteiger partial charge on any atom is 0.263 e. The molecule has 0 radical (unpaired) electrons. The second-order valence-electron chi connectivity index (χ2n) is 6.16. The van der Waals surface area contributed by atoms with E-state index >= 15 is 0 Å². The molecule has 7 heteroatoms. The van der Waals surface area contributed by atoms with E-state index in [1.54, 1.807) is 11.3 Å². The van der Waals surface area contributed by atoms with E-state index in [0.29, 0.717) is 17.2 Å². The summed E-state index contributed by atoms with van der Waals surface area (Å²) in [6.45, 7) is 0.326. The highest BCUT2D eigenvalue weighted by Crippen LogP contribution is 2.31. The van der Waals surface area contributed by atoms with Gasteiger partial charge >= 0.3 is 0 Å². The van der Waals surface area contributed by atoms with Crippen molar-refractivity contribution in [1.29, 1.82) is 0 Å². The second-order valence-corrected chi connectivity index (χ2v) is 8.11. The van der Waals surface area contributed by atoms with Gasteiger partial charge in [0, 0.05) is 12.4 Å². The number of hydrogen-bond donors (Lipinski definition) is 1. The summed E-state index contributed by atoms with van der Waals surface area (Å²) in [5.74, 6) is 1.30. The number of furan rings is 1. The van der Waals surface area contributed by atoms with Crippen LogP contribution in [0.3, 0.4) is 0 Å². The highest BCUT2D eigenvalue weighted by molar-refractivity contribution is 7.21. The first-order chi connectivity index (χ1) is 13.8. The highest BCUT2D eigenvalue weighted by atomic mass is 32.1. The van der Waals surface area contributed by atoms with Crippen molar-refractivity contribution in [1.82, 2.24) is 14.9 Å². The van der Waals surface area contributed by atoms with Crippen LogP contribution in [0.25, 0.3) is 26.7 Å². The maximum absolute atomic E-state index is 12.6. The first-order valence-corrected chi connectivity index (χ1v) is 10.4. The lowest BCUT2D eigenvalue weighted by Gasteiger charge is -2.05. The van der Waals surface area contributed by atoms with Crippen molar-refractivity contribution in [3.63, 3.8) is 0 Å². The van der Waals surface area contributed by atoms with Gasteiger partial charge < -0.3 is 14.3 Å². The van der Waals surface area contributed by atoms with Gasteiger partial charge in [-0.1, -0.05) is 12.1 Å². The third-order valence-corrected chi connectivity index (χ3v) is 6.28. The maximum atomic E-state index is 12.6. The lowest BCUT2D eigenvalue weighted by atomic mass is 10.3. The molecule has 138 valence electrons. The third kappa shape index (κ3) is 3.15. The summed E-state index contributed by atoms with van der Waals surface area (Å²) < 4.78 is 8.96. The normalized spacial score (nSPS) is 11.1. The largest absolute Gasteiger partial charge is 0.457 e. The molecule has 0 spiro atoms. The zero-order valence-corrected chi connectivity index (χ0v) is 16.3. The van der Waals surface area contributed by atoms with Crippen LogP contribution in [0.1, 0.15) is 15.4 Å². The molecule has 0 unspecified atom stereocenters. The fraction of sp³-hybridized carbons (Fsp3) is 0.0476. The number of nitrogens with zero attached hydrogens (tertiary/aromatic N) is 2. The molecule has 28 heavy (non-hydrogen) atoms. The molecule has 1 aromatic carbocycles. The number of hydrogen-bond acceptors (Lipinski definition) is 5. The summed E-state index contributed by atoms with van der Waals surface area (Å²) in [6, 6.07) is 17.6. The Labute approximate surface area is 168 Å². The van der Waals surface area contributed by atoms with Crippen LogP contribution in [0.15, 0.2) is 76.8 Å². The van der Waals surface area contributed by atoms with Crippen LogP contribution in [0.5, 0.6) is 0 Å². The van der Waals surface area contributed by atoms with Gasteiger partial charge in [0.1, 0.15) is 10.6 Å². The Morgan fingerprint density at radius 2 is 1.93 bits per heavy atom. The zero-order chi connectivity index (χ0) is 18.9. The van der Waals surface area contributed by atoms with Crippen molar-refractivity contribution in [3.8, 4) is 16.5 Å². The van der Waals surface area contributed by atoms with Gasteiger partial charge in [0.15, 0.2) is 10.8 Å². The molecular formula is C21H15N3O2S2. The average Bonchev–Trinajstić information content (AvgIpc) is 3.51. The van der Waals surface area contributed by atoms with E-state index in [-0.39, 0.29) is 5.91 Å². The number of aromatic nitrogens is 2. The predicted octanol–water partition coefficient (Wildman–Crippen LogP) is 5.34. The number of thiophene rings is 1. The molecule has 5 nitrogen and oxygen atoms in total. The van der Waals surface area contributed by atoms with Gasteiger partial charge in [0.05, 0.1) is 22.4 Å². The summed E-state index contributed by atoms with van der Waals surface area (Å²) in [4.78, 5) is 17.9. The van der Waals surface area contributed by atoms with Crippen LogP contribution in [0.4, 0.5) is 0 Å². The molecule has 1 N–H and O–H groups in total. The Balaban J connectivity index is 1.30. The van der Waals surface area contributed by atoms with Crippen LogP contribution < -0.4 is 5.32 Å². The molecule has 5 rings (SSSR count). The lowest BCUT2D eigenvalue weighted by Crippen LogP contribution is -2.22. The van der Waals surface area contributed by atoms with Crippen molar-refractivity contribution >= 4 is 38.8 Å². The molecule has 4 heterocycles. The van der Waals surface area contributed by atoms with Crippen molar-refractivity contribution in [2.75, 3.05) is 0 Å². The van der Waals surface area contributed by atoms with Crippen molar-refractivity contribution in [2.24, 2.45) is 0 Å². The minimum atomic E-state index is -0.114. The third-order valence-electron chi connectivity index (χ3n) is 4.32. The van der Waals surface area contributed by atoms with Gasteiger partial charge in [-0.2, -0.15) is 0 Å². The number of nitrogens with one attached hydrogen (secondary N) is 1. The van der Waals surface area contributed by atoms with Gasteiger partial charge in [-0.05, 0) is 47.8 Å². The van der Waals surface area contributed by atoms with Gasteiger partial charge in [0.25, 0.3) is 5.91 Å². The summed E-state index contributed by atoms with van der Waals surface area (Å²) in [6.07, 6.45) is 3.85. The molecule has 0 aliphatic heterocycles. The second kappa shape index (κ2) is 7.10. The first-order valence-electron chi connectivity index (χ1n) is 8.71. The fourth-order valence-corrected chi connectivity index (χ4v) is 4.72. The van der Waals surface area contributed by atoms with Crippen LogP contribution in [-0.4, -0.2) is 15.5 Å². The van der Waals surface area contributed by atoms with E-state index in [1.807, 2.05) is 76.9 Å².